The molecule has 15 heteroatoms. The zero-order chi connectivity index (χ0) is 45.4. The summed E-state index contributed by atoms with van der Waals surface area (Å²) in [5.41, 5.74) is -2.90. The molecule has 6 atom stereocenters. The van der Waals surface area contributed by atoms with Gasteiger partial charge in [-0.05, 0) is 101 Å². The zero-order valence-corrected chi connectivity index (χ0v) is 40.7. The van der Waals surface area contributed by atoms with Gasteiger partial charge in [0.15, 0.2) is 0 Å². The predicted molar refractivity (Wildman–Crippen MR) is 244 cm³/mol. The first-order chi connectivity index (χ1) is 27.4. The Morgan fingerprint density at radius 2 is 0.683 bits per heavy atom. The van der Waals surface area contributed by atoms with Crippen LogP contribution in [0.3, 0.4) is 0 Å². The lowest BCUT2D eigenvalue weighted by Crippen LogP contribution is -2.70. The number of nitrogens with one attached hydrogen (secondary N) is 6. The number of amides is 3. The molecule has 1 aromatic rings. The van der Waals surface area contributed by atoms with Crippen molar-refractivity contribution in [3.05, 3.63) is 0 Å². The summed E-state index contributed by atoms with van der Waals surface area (Å²) in [5.74, 6) is 1.92. The highest BCUT2D eigenvalue weighted by Gasteiger charge is 2.47. The van der Waals surface area contributed by atoms with Gasteiger partial charge in [0.2, 0.25) is 35.6 Å². The van der Waals surface area contributed by atoms with E-state index in [9.17, 15) is 14.4 Å². The Morgan fingerprint density at radius 1 is 0.467 bits per heavy atom. The van der Waals surface area contributed by atoms with Crippen LogP contribution in [0.4, 0.5) is 17.8 Å². The lowest BCUT2D eigenvalue weighted by atomic mass is 9.89. The number of aromatic nitrogens is 3. The van der Waals surface area contributed by atoms with Gasteiger partial charge in [-0.2, -0.15) is 15.0 Å². The minimum Gasteiger partial charge on any atom is -0.349 e. The van der Waals surface area contributed by atoms with E-state index in [0.717, 1.165) is 19.3 Å². The van der Waals surface area contributed by atoms with Gasteiger partial charge in [0.25, 0.3) is 0 Å². The number of hydrogen-bond donors (Lipinski definition) is 6. The van der Waals surface area contributed by atoms with Crippen LogP contribution < -0.4 is 31.9 Å². The Labute approximate surface area is 362 Å². The maximum Gasteiger partial charge on any atom is 0.242 e. The number of hydrogen-bond acceptors (Lipinski definition) is 12. The SMILES string of the molecule is CCC(C)C(CN1CC(C)(C)NC(C)(C)C1=O)Nc1nc(NC(CN2CC(C)(C)NC(C)(C)C2=O)C(C)CC)nc(NC(CN2CC(C)(C)NC(C)(C)C2=O)C(C)CC)n1. The third kappa shape index (κ3) is 12.2. The van der Waals surface area contributed by atoms with Gasteiger partial charge in [0, 0.05) is 74.0 Å². The molecule has 6 unspecified atom stereocenters. The van der Waals surface area contributed by atoms with E-state index in [1.807, 2.05) is 56.2 Å². The van der Waals surface area contributed by atoms with E-state index in [0.29, 0.717) is 57.1 Å². The Kier molecular flexibility index (Phi) is 15.0. The fourth-order valence-electron chi connectivity index (χ4n) is 9.83. The van der Waals surface area contributed by atoms with Crippen LogP contribution in [0, 0.1) is 17.8 Å². The lowest BCUT2D eigenvalue weighted by molar-refractivity contribution is -0.144. The van der Waals surface area contributed by atoms with Crippen LogP contribution in [0.5, 0.6) is 0 Å². The number of carbonyl (C=O) groups is 3. The van der Waals surface area contributed by atoms with Gasteiger partial charge in [-0.1, -0.05) is 60.8 Å². The molecular weight excluding hydrogens is 757 g/mol. The molecule has 342 valence electrons. The van der Waals surface area contributed by atoms with Crippen molar-refractivity contribution in [2.24, 2.45) is 17.8 Å². The first-order valence-electron chi connectivity index (χ1n) is 22.8. The van der Waals surface area contributed by atoms with Gasteiger partial charge < -0.3 is 30.7 Å². The minimum atomic E-state index is -0.703. The molecule has 0 bridgehead atoms. The fourth-order valence-corrected chi connectivity index (χ4v) is 9.83. The van der Waals surface area contributed by atoms with Crippen molar-refractivity contribution in [3.8, 4) is 0 Å². The molecule has 60 heavy (non-hydrogen) atoms. The van der Waals surface area contributed by atoms with Crippen molar-refractivity contribution in [2.45, 2.75) is 195 Å². The largest absolute Gasteiger partial charge is 0.349 e. The predicted octanol–water partition coefficient (Wildman–Crippen LogP) is 5.32. The maximum atomic E-state index is 13.8. The highest BCUT2D eigenvalue weighted by atomic mass is 16.2. The van der Waals surface area contributed by atoms with E-state index in [1.54, 1.807) is 0 Å². The average Bonchev–Trinajstić information content (AvgIpc) is 3.10. The molecule has 0 radical (unpaired) electrons. The molecule has 3 amide bonds. The Morgan fingerprint density at radius 3 is 0.883 bits per heavy atom. The number of rotatable bonds is 18. The molecule has 4 heterocycles. The second kappa shape index (κ2) is 18.2. The van der Waals surface area contributed by atoms with Gasteiger partial charge in [-0.15, -0.1) is 0 Å². The molecular formula is C45H84N12O3. The van der Waals surface area contributed by atoms with E-state index in [1.165, 1.54) is 0 Å². The summed E-state index contributed by atoms with van der Waals surface area (Å²) in [6.07, 6.45) is 2.65. The van der Waals surface area contributed by atoms with E-state index < -0.39 is 16.6 Å². The van der Waals surface area contributed by atoms with Crippen LogP contribution in [0.2, 0.25) is 0 Å². The number of carbonyl (C=O) groups excluding carboxylic acids is 3. The fraction of sp³-hybridized carbons (Fsp3) is 0.867. The summed E-state index contributed by atoms with van der Waals surface area (Å²) in [5, 5.41) is 21.6. The highest BCUT2D eigenvalue weighted by molar-refractivity contribution is 5.88. The molecule has 3 fully saturated rings. The molecule has 3 saturated heterocycles. The van der Waals surface area contributed by atoms with Crippen LogP contribution >= 0.6 is 0 Å². The van der Waals surface area contributed by atoms with Gasteiger partial charge in [0.1, 0.15) is 0 Å². The van der Waals surface area contributed by atoms with E-state index in [-0.39, 0.29) is 70.2 Å². The standard InChI is InChI=1S/C45H84N12O3/c1-19-28(4)31(22-55-25-40(7,8)52-43(13,14)34(55)58)46-37-49-38(47-32(29(5)20-2)23-56-26-41(9,10)53-44(15,16)35(56)59)51-39(50-37)48-33(30(6)21-3)24-57-27-42(11,12)54-45(17,18)36(57)60/h28-33,52-54H,19-27H2,1-18H3,(H3,46,47,48,49,50,51). The Balaban J connectivity index is 1.76. The Bertz CT molecular complexity index is 1470. The summed E-state index contributed by atoms with van der Waals surface area (Å²) in [4.78, 5) is 62.5. The first-order valence-corrected chi connectivity index (χ1v) is 22.8. The van der Waals surface area contributed by atoms with Gasteiger partial charge in [-0.3, -0.25) is 30.3 Å². The number of anilines is 3. The molecule has 15 nitrogen and oxygen atoms in total. The molecule has 0 aromatic carbocycles. The smallest absolute Gasteiger partial charge is 0.242 e. The quantitative estimate of drug-likeness (QED) is 0.113. The summed E-state index contributed by atoms with van der Waals surface area (Å²) >= 11 is 0. The van der Waals surface area contributed by atoms with Gasteiger partial charge in [-0.25, -0.2) is 0 Å². The molecule has 0 saturated carbocycles. The molecule has 4 rings (SSSR count). The average molecular weight is 841 g/mol. The van der Waals surface area contributed by atoms with Crippen LogP contribution in [-0.2, 0) is 14.4 Å². The summed E-state index contributed by atoms with van der Waals surface area (Å²) in [7, 11) is 0. The van der Waals surface area contributed by atoms with Crippen molar-refractivity contribution in [2.75, 3.05) is 55.2 Å². The lowest BCUT2D eigenvalue weighted by Gasteiger charge is -2.48. The molecule has 3 aliphatic rings. The molecule has 6 N–H and O–H groups in total. The third-order valence-electron chi connectivity index (χ3n) is 13.0. The molecule has 0 aliphatic carbocycles. The minimum absolute atomic E-state index is 0.0627. The Hall–Kier alpha value is -3.30. The normalized spacial score (nSPS) is 24.9. The zero-order valence-electron chi connectivity index (χ0n) is 40.7. The first kappa shape index (κ1) is 49.4. The van der Waals surface area contributed by atoms with Gasteiger partial charge >= 0.3 is 0 Å². The van der Waals surface area contributed by atoms with Crippen LogP contribution in [0.1, 0.15) is 144 Å². The second-order valence-electron chi connectivity index (χ2n) is 22.2. The monoisotopic (exact) mass is 841 g/mol. The highest BCUT2D eigenvalue weighted by Crippen LogP contribution is 2.29. The van der Waals surface area contributed by atoms with E-state index >= 15 is 0 Å². The summed E-state index contributed by atoms with van der Waals surface area (Å²) in [6, 6.07) is -0.477. The van der Waals surface area contributed by atoms with Crippen LogP contribution in [0.15, 0.2) is 0 Å². The van der Waals surface area contributed by atoms with Crippen molar-refractivity contribution in [3.63, 3.8) is 0 Å². The van der Waals surface area contributed by atoms with Crippen LogP contribution in [0.25, 0.3) is 0 Å². The second-order valence-corrected chi connectivity index (χ2v) is 22.2. The summed E-state index contributed by atoms with van der Waals surface area (Å²) < 4.78 is 0. The molecule has 0 spiro atoms. The van der Waals surface area contributed by atoms with E-state index in [2.05, 4.69) is 115 Å². The van der Waals surface area contributed by atoms with Crippen molar-refractivity contribution >= 4 is 35.6 Å². The number of piperazine rings is 3. The molecule has 3 aliphatic heterocycles. The third-order valence-corrected chi connectivity index (χ3v) is 13.0. The topological polar surface area (TPSA) is 172 Å². The number of nitrogens with zero attached hydrogens (tertiary/aromatic N) is 6. The van der Waals surface area contributed by atoms with Crippen LogP contribution in [-0.4, -0.2) is 138 Å². The summed E-state index contributed by atoms with van der Waals surface area (Å²) in [6.45, 7) is 40.7. The van der Waals surface area contributed by atoms with E-state index in [4.69, 9.17) is 15.0 Å². The molecule has 1 aromatic heterocycles. The van der Waals surface area contributed by atoms with Gasteiger partial charge in [0.05, 0.1) is 16.6 Å². The van der Waals surface area contributed by atoms with Crippen molar-refractivity contribution in [1.29, 1.82) is 0 Å². The van der Waals surface area contributed by atoms with Crippen molar-refractivity contribution in [1.82, 2.24) is 45.6 Å². The van der Waals surface area contributed by atoms with Crippen molar-refractivity contribution < 1.29 is 14.4 Å². The maximum absolute atomic E-state index is 13.8.